The number of halogens is 1. The normalized spacial score (nSPS) is 12.0. The number of carbonyl (C=O) groups is 1. The number of benzene rings is 3. The molecule has 0 aliphatic rings. The molecule has 0 fully saturated rings. The Morgan fingerprint density at radius 2 is 1.59 bits per heavy atom. The third-order valence-electron chi connectivity index (χ3n) is 6.75. The molecule has 3 aromatic carbocycles. The van der Waals surface area contributed by atoms with Crippen molar-refractivity contribution in [2.45, 2.75) is 65.0 Å². The fourth-order valence-electron chi connectivity index (χ4n) is 4.68. The van der Waals surface area contributed by atoms with E-state index < -0.39 is 11.9 Å². The zero-order chi connectivity index (χ0) is 26.2. The van der Waals surface area contributed by atoms with E-state index in [1.807, 2.05) is 43.3 Å². The smallest absolute Gasteiger partial charge is 0.266 e. The van der Waals surface area contributed by atoms with Crippen molar-refractivity contribution in [1.82, 2.24) is 14.5 Å². The maximum atomic E-state index is 15.0. The van der Waals surface area contributed by atoms with E-state index in [-0.39, 0.29) is 17.2 Å². The molecule has 192 valence electrons. The number of rotatable bonds is 11. The van der Waals surface area contributed by atoms with Crippen LogP contribution in [0.5, 0.6) is 0 Å². The standard InChI is InChI=1S/C31H34FN3O2/c1-3-4-5-6-10-21-29(36)34(22-24-15-8-7-9-16-24)23(2)30-33-27-19-13-11-17-25(27)31(37)35(30)28-20-14-12-18-26(28)32/h7-9,11-20,23H,3-6,10,21-22H2,1-2H3. The van der Waals surface area contributed by atoms with E-state index in [1.54, 1.807) is 41.3 Å². The van der Waals surface area contributed by atoms with Gasteiger partial charge in [0.25, 0.3) is 5.56 Å². The molecule has 4 aromatic rings. The monoisotopic (exact) mass is 499 g/mol. The van der Waals surface area contributed by atoms with Crippen molar-refractivity contribution in [2.75, 3.05) is 0 Å². The van der Waals surface area contributed by atoms with Gasteiger partial charge in [-0.3, -0.25) is 14.2 Å². The number of amides is 1. The molecule has 6 heteroatoms. The van der Waals surface area contributed by atoms with Gasteiger partial charge >= 0.3 is 0 Å². The third kappa shape index (κ3) is 6.13. The summed E-state index contributed by atoms with van der Waals surface area (Å²) in [6, 6.07) is 22.4. The first kappa shape index (κ1) is 26.3. The lowest BCUT2D eigenvalue weighted by molar-refractivity contribution is -0.134. The topological polar surface area (TPSA) is 55.2 Å². The van der Waals surface area contributed by atoms with E-state index in [1.165, 1.54) is 10.6 Å². The van der Waals surface area contributed by atoms with Crippen LogP contribution < -0.4 is 5.56 Å². The number of hydrogen-bond acceptors (Lipinski definition) is 3. The Morgan fingerprint density at radius 3 is 2.35 bits per heavy atom. The Hall–Kier alpha value is -3.80. The molecule has 37 heavy (non-hydrogen) atoms. The summed E-state index contributed by atoms with van der Waals surface area (Å²) in [5.41, 5.74) is 1.27. The summed E-state index contributed by atoms with van der Waals surface area (Å²) < 4.78 is 16.3. The Balaban J connectivity index is 1.79. The number of carbonyl (C=O) groups excluding carboxylic acids is 1. The van der Waals surface area contributed by atoms with E-state index >= 15 is 4.39 Å². The predicted octanol–water partition coefficient (Wildman–Crippen LogP) is 6.98. The summed E-state index contributed by atoms with van der Waals surface area (Å²) in [5, 5.41) is 0.401. The third-order valence-corrected chi connectivity index (χ3v) is 6.75. The van der Waals surface area contributed by atoms with Crippen LogP contribution in [0.25, 0.3) is 16.6 Å². The summed E-state index contributed by atoms with van der Waals surface area (Å²) in [6.07, 6.45) is 5.64. The molecule has 1 unspecified atom stereocenters. The maximum Gasteiger partial charge on any atom is 0.266 e. The average Bonchev–Trinajstić information content (AvgIpc) is 2.92. The second-order valence-electron chi connectivity index (χ2n) is 9.43. The van der Waals surface area contributed by atoms with Gasteiger partial charge in [-0.2, -0.15) is 0 Å². The number of para-hydroxylation sites is 2. The number of unbranched alkanes of at least 4 members (excludes halogenated alkanes) is 4. The summed E-state index contributed by atoms with van der Waals surface area (Å²) in [7, 11) is 0. The quantitative estimate of drug-likeness (QED) is 0.209. The highest BCUT2D eigenvalue weighted by Gasteiger charge is 2.27. The highest BCUT2D eigenvalue weighted by atomic mass is 19.1. The number of aromatic nitrogens is 2. The van der Waals surface area contributed by atoms with Gasteiger partial charge in [-0.15, -0.1) is 0 Å². The SMILES string of the molecule is CCCCCCCC(=O)N(Cc1ccccc1)C(C)c1nc2ccccc2c(=O)n1-c1ccccc1F. The van der Waals surface area contributed by atoms with Gasteiger partial charge in [-0.1, -0.05) is 87.2 Å². The summed E-state index contributed by atoms with van der Waals surface area (Å²) in [6.45, 7) is 4.40. The largest absolute Gasteiger partial charge is 0.328 e. The second kappa shape index (κ2) is 12.4. The van der Waals surface area contributed by atoms with Gasteiger partial charge in [-0.05, 0) is 43.2 Å². The van der Waals surface area contributed by atoms with Gasteiger partial charge in [0.15, 0.2) is 0 Å². The molecule has 0 saturated carbocycles. The molecule has 0 N–H and O–H groups in total. The lowest BCUT2D eigenvalue weighted by atomic mass is 10.1. The van der Waals surface area contributed by atoms with Crippen molar-refractivity contribution >= 4 is 16.8 Å². The van der Waals surface area contributed by atoms with Crippen molar-refractivity contribution in [1.29, 1.82) is 0 Å². The van der Waals surface area contributed by atoms with Gasteiger partial charge in [0.1, 0.15) is 11.6 Å². The lowest BCUT2D eigenvalue weighted by Crippen LogP contribution is -2.37. The minimum absolute atomic E-state index is 0.00431. The van der Waals surface area contributed by atoms with E-state index in [4.69, 9.17) is 4.98 Å². The molecule has 1 atom stereocenters. The molecule has 0 aliphatic heterocycles. The van der Waals surface area contributed by atoms with Crippen LogP contribution in [0.15, 0.2) is 83.7 Å². The summed E-state index contributed by atoms with van der Waals surface area (Å²) >= 11 is 0. The Kier molecular flexibility index (Phi) is 8.83. The summed E-state index contributed by atoms with van der Waals surface area (Å²) in [4.78, 5) is 33.9. The highest BCUT2D eigenvalue weighted by molar-refractivity contribution is 5.79. The molecule has 0 spiro atoms. The molecule has 0 aliphatic carbocycles. The zero-order valence-electron chi connectivity index (χ0n) is 21.6. The van der Waals surface area contributed by atoms with E-state index in [2.05, 4.69) is 6.92 Å². The highest BCUT2D eigenvalue weighted by Crippen LogP contribution is 2.26. The van der Waals surface area contributed by atoms with Crippen LogP contribution in [-0.4, -0.2) is 20.4 Å². The van der Waals surface area contributed by atoms with Crippen LogP contribution in [0.4, 0.5) is 4.39 Å². The molecule has 1 heterocycles. The molecule has 0 radical (unpaired) electrons. The van der Waals surface area contributed by atoms with Crippen LogP contribution in [0.2, 0.25) is 0 Å². The number of nitrogens with zero attached hydrogens (tertiary/aromatic N) is 3. The van der Waals surface area contributed by atoms with Gasteiger partial charge in [0.2, 0.25) is 5.91 Å². The van der Waals surface area contributed by atoms with Gasteiger partial charge < -0.3 is 4.90 Å². The Labute approximate surface area is 217 Å². The Morgan fingerprint density at radius 1 is 0.919 bits per heavy atom. The molecular formula is C31H34FN3O2. The van der Waals surface area contributed by atoms with Crippen LogP contribution in [-0.2, 0) is 11.3 Å². The van der Waals surface area contributed by atoms with E-state index in [0.29, 0.717) is 29.7 Å². The fourth-order valence-corrected chi connectivity index (χ4v) is 4.68. The molecule has 0 saturated heterocycles. The zero-order valence-corrected chi connectivity index (χ0v) is 21.6. The number of fused-ring (bicyclic) bond motifs is 1. The second-order valence-corrected chi connectivity index (χ2v) is 9.43. The van der Waals surface area contributed by atoms with E-state index in [9.17, 15) is 9.59 Å². The first-order valence-electron chi connectivity index (χ1n) is 13.1. The predicted molar refractivity (Wildman–Crippen MR) is 146 cm³/mol. The van der Waals surface area contributed by atoms with Crippen molar-refractivity contribution in [3.05, 3.63) is 106 Å². The van der Waals surface area contributed by atoms with Gasteiger partial charge in [-0.25, -0.2) is 9.37 Å². The number of hydrogen-bond donors (Lipinski definition) is 0. The minimum Gasteiger partial charge on any atom is -0.328 e. The van der Waals surface area contributed by atoms with Crippen LogP contribution in [0.3, 0.4) is 0 Å². The molecular weight excluding hydrogens is 465 g/mol. The van der Waals surface area contributed by atoms with Crippen molar-refractivity contribution in [2.24, 2.45) is 0 Å². The first-order valence-corrected chi connectivity index (χ1v) is 13.1. The minimum atomic E-state index is -0.569. The van der Waals surface area contributed by atoms with Gasteiger partial charge in [0, 0.05) is 13.0 Å². The maximum absolute atomic E-state index is 15.0. The fraction of sp³-hybridized carbons (Fsp3) is 0.323. The average molecular weight is 500 g/mol. The first-order chi connectivity index (χ1) is 18.0. The Bertz CT molecular complexity index is 1400. The lowest BCUT2D eigenvalue weighted by Gasteiger charge is -2.31. The van der Waals surface area contributed by atoms with Crippen molar-refractivity contribution in [3.63, 3.8) is 0 Å². The van der Waals surface area contributed by atoms with Gasteiger partial charge in [0.05, 0.1) is 22.6 Å². The van der Waals surface area contributed by atoms with Crippen LogP contribution in [0.1, 0.15) is 69.8 Å². The van der Waals surface area contributed by atoms with E-state index in [0.717, 1.165) is 37.7 Å². The van der Waals surface area contributed by atoms with Crippen molar-refractivity contribution < 1.29 is 9.18 Å². The van der Waals surface area contributed by atoms with Crippen LogP contribution >= 0.6 is 0 Å². The molecule has 5 nitrogen and oxygen atoms in total. The summed E-state index contributed by atoms with van der Waals surface area (Å²) in [5.74, 6) is -0.189. The van der Waals surface area contributed by atoms with Crippen molar-refractivity contribution in [3.8, 4) is 5.69 Å². The molecule has 0 bridgehead atoms. The molecule has 1 aromatic heterocycles. The van der Waals surface area contributed by atoms with Crippen LogP contribution in [0, 0.1) is 5.82 Å². The molecule has 1 amide bonds. The molecule has 4 rings (SSSR count).